The summed E-state index contributed by atoms with van der Waals surface area (Å²) in [6.07, 6.45) is 3.86. The number of aromatic nitrogens is 4. The SMILES string of the molecule is CCCCSc1cc(Cl)nc2ncnn12. The van der Waals surface area contributed by atoms with Crippen molar-refractivity contribution in [3.63, 3.8) is 0 Å². The lowest BCUT2D eigenvalue weighted by Crippen LogP contribution is -1.96. The van der Waals surface area contributed by atoms with E-state index in [1.807, 2.05) is 6.07 Å². The zero-order chi connectivity index (χ0) is 10.7. The van der Waals surface area contributed by atoms with Crippen LogP contribution in [0.1, 0.15) is 19.8 Å². The van der Waals surface area contributed by atoms with E-state index in [0.717, 1.165) is 10.8 Å². The number of rotatable bonds is 4. The van der Waals surface area contributed by atoms with Crippen LogP contribution in [0.15, 0.2) is 17.4 Å². The molecule has 0 aliphatic heterocycles. The lowest BCUT2D eigenvalue weighted by molar-refractivity contribution is 0.837. The zero-order valence-electron chi connectivity index (χ0n) is 8.35. The van der Waals surface area contributed by atoms with Gasteiger partial charge in [0.2, 0.25) is 0 Å². The van der Waals surface area contributed by atoms with Gasteiger partial charge in [-0.1, -0.05) is 24.9 Å². The van der Waals surface area contributed by atoms with Gasteiger partial charge in [-0.25, -0.2) is 0 Å². The molecule has 0 aliphatic rings. The van der Waals surface area contributed by atoms with Crippen molar-refractivity contribution < 1.29 is 0 Å². The first kappa shape index (κ1) is 10.7. The van der Waals surface area contributed by atoms with E-state index < -0.39 is 0 Å². The number of hydrogen-bond acceptors (Lipinski definition) is 4. The largest absolute Gasteiger partial charge is 0.254 e. The molecule has 0 aliphatic carbocycles. The van der Waals surface area contributed by atoms with Gasteiger partial charge in [0.05, 0.1) is 0 Å². The number of nitrogens with zero attached hydrogens (tertiary/aromatic N) is 4. The second-order valence-corrected chi connectivity index (χ2v) is 4.59. The molecule has 0 saturated carbocycles. The second-order valence-electron chi connectivity index (χ2n) is 3.09. The summed E-state index contributed by atoms with van der Waals surface area (Å²) in [5.74, 6) is 1.62. The summed E-state index contributed by atoms with van der Waals surface area (Å²) in [5, 5.41) is 5.57. The van der Waals surface area contributed by atoms with Crippen LogP contribution in [0.25, 0.3) is 5.78 Å². The molecule has 2 aromatic rings. The molecular formula is C9H11ClN4S. The Kier molecular flexibility index (Phi) is 3.43. The van der Waals surface area contributed by atoms with Gasteiger partial charge < -0.3 is 0 Å². The van der Waals surface area contributed by atoms with Gasteiger partial charge in [0.1, 0.15) is 16.5 Å². The van der Waals surface area contributed by atoms with Gasteiger partial charge in [-0.15, -0.1) is 11.8 Å². The molecule has 0 saturated heterocycles. The molecule has 0 atom stereocenters. The first-order chi connectivity index (χ1) is 7.31. The molecular weight excluding hydrogens is 232 g/mol. The highest BCUT2D eigenvalue weighted by atomic mass is 35.5. The smallest absolute Gasteiger partial charge is 0.199 e. The normalized spacial score (nSPS) is 11.1. The fourth-order valence-corrected chi connectivity index (χ4v) is 2.51. The van der Waals surface area contributed by atoms with Gasteiger partial charge in [0, 0.05) is 6.07 Å². The van der Waals surface area contributed by atoms with Crippen molar-refractivity contribution in [1.82, 2.24) is 19.6 Å². The first-order valence-electron chi connectivity index (χ1n) is 4.80. The van der Waals surface area contributed by atoms with E-state index in [-0.39, 0.29) is 0 Å². The topological polar surface area (TPSA) is 43.1 Å². The zero-order valence-corrected chi connectivity index (χ0v) is 9.92. The Bertz CT molecular complexity index is 456. The third kappa shape index (κ3) is 2.41. The molecule has 0 spiro atoms. The molecule has 0 fully saturated rings. The molecule has 2 rings (SSSR count). The van der Waals surface area contributed by atoms with Crippen molar-refractivity contribution in [2.45, 2.75) is 24.8 Å². The fourth-order valence-electron chi connectivity index (χ4n) is 1.18. The quantitative estimate of drug-likeness (QED) is 0.470. The number of hydrogen-bond donors (Lipinski definition) is 0. The molecule has 2 aromatic heterocycles. The number of fused-ring (bicyclic) bond motifs is 1. The van der Waals surface area contributed by atoms with Crippen molar-refractivity contribution in [1.29, 1.82) is 0 Å². The predicted molar refractivity (Wildman–Crippen MR) is 61.4 cm³/mol. The summed E-state index contributed by atoms with van der Waals surface area (Å²) in [7, 11) is 0. The van der Waals surface area contributed by atoms with E-state index in [1.54, 1.807) is 16.3 Å². The van der Waals surface area contributed by atoms with Crippen LogP contribution in [0.4, 0.5) is 0 Å². The molecule has 0 amide bonds. The van der Waals surface area contributed by atoms with Crippen LogP contribution in [0.5, 0.6) is 0 Å². The van der Waals surface area contributed by atoms with E-state index in [9.17, 15) is 0 Å². The molecule has 6 heteroatoms. The van der Waals surface area contributed by atoms with Gasteiger partial charge in [-0.3, -0.25) is 0 Å². The van der Waals surface area contributed by atoms with Crippen LogP contribution in [-0.4, -0.2) is 25.3 Å². The Labute approximate surface area is 97.1 Å². The lowest BCUT2D eigenvalue weighted by atomic mass is 10.4. The minimum Gasteiger partial charge on any atom is -0.199 e. The predicted octanol–water partition coefficient (Wildman–Crippen LogP) is 2.67. The van der Waals surface area contributed by atoms with E-state index in [4.69, 9.17) is 11.6 Å². The molecule has 0 aromatic carbocycles. The minimum atomic E-state index is 0.467. The summed E-state index contributed by atoms with van der Waals surface area (Å²) in [6.45, 7) is 2.17. The summed E-state index contributed by atoms with van der Waals surface area (Å²) < 4.78 is 1.71. The van der Waals surface area contributed by atoms with Gasteiger partial charge in [-0.2, -0.15) is 19.6 Å². The standard InChI is InChI=1S/C9H11ClN4S/c1-2-3-4-15-8-5-7(10)13-9-11-6-12-14(8)9/h5-6H,2-4H2,1H3. The maximum Gasteiger partial charge on any atom is 0.254 e. The van der Waals surface area contributed by atoms with Crippen LogP contribution in [-0.2, 0) is 0 Å². The fraction of sp³-hybridized carbons (Fsp3) is 0.444. The van der Waals surface area contributed by atoms with Gasteiger partial charge in [-0.05, 0) is 12.2 Å². The van der Waals surface area contributed by atoms with Crippen molar-refractivity contribution in [3.8, 4) is 0 Å². The Balaban J connectivity index is 2.27. The Morgan fingerprint density at radius 3 is 3.20 bits per heavy atom. The van der Waals surface area contributed by atoms with Crippen LogP contribution in [0, 0.1) is 0 Å². The Morgan fingerprint density at radius 2 is 2.40 bits per heavy atom. The molecule has 15 heavy (non-hydrogen) atoms. The molecule has 80 valence electrons. The van der Waals surface area contributed by atoms with E-state index >= 15 is 0 Å². The summed E-state index contributed by atoms with van der Waals surface area (Å²) in [5.41, 5.74) is 0. The van der Waals surface area contributed by atoms with Gasteiger partial charge in [0.25, 0.3) is 5.78 Å². The molecule has 2 heterocycles. The number of halogens is 1. The van der Waals surface area contributed by atoms with Crippen LogP contribution < -0.4 is 0 Å². The van der Waals surface area contributed by atoms with Gasteiger partial charge in [0.15, 0.2) is 0 Å². The second kappa shape index (κ2) is 4.81. The summed E-state index contributed by atoms with van der Waals surface area (Å²) >= 11 is 7.62. The molecule has 0 unspecified atom stereocenters. The molecule has 4 nitrogen and oxygen atoms in total. The summed E-state index contributed by atoms with van der Waals surface area (Å²) in [6, 6.07) is 1.82. The molecule has 0 radical (unpaired) electrons. The average molecular weight is 243 g/mol. The third-order valence-corrected chi connectivity index (χ3v) is 3.21. The maximum atomic E-state index is 5.89. The van der Waals surface area contributed by atoms with Crippen molar-refractivity contribution in [3.05, 3.63) is 17.5 Å². The van der Waals surface area contributed by atoms with E-state index in [0.29, 0.717) is 10.9 Å². The first-order valence-corrected chi connectivity index (χ1v) is 6.16. The maximum absolute atomic E-state index is 5.89. The van der Waals surface area contributed by atoms with Crippen molar-refractivity contribution in [2.24, 2.45) is 0 Å². The Hall–Kier alpha value is -0.810. The molecule has 0 N–H and O–H groups in total. The van der Waals surface area contributed by atoms with Crippen molar-refractivity contribution >= 4 is 29.1 Å². The summed E-state index contributed by atoms with van der Waals surface area (Å²) in [4.78, 5) is 8.08. The highest BCUT2D eigenvalue weighted by Crippen LogP contribution is 2.21. The van der Waals surface area contributed by atoms with Crippen molar-refractivity contribution in [2.75, 3.05) is 5.75 Å². The monoisotopic (exact) mass is 242 g/mol. The average Bonchev–Trinajstić information content (AvgIpc) is 2.65. The lowest BCUT2D eigenvalue weighted by Gasteiger charge is -2.02. The molecule has 0 bridgehead atoms. The van der Waals surface area contributed by atoms with Crippen LogP contribution in [0.3, 0.4) is 0 Å². The van der Waals surface area contributed by atoms with E-state index in [1.165, 1.54) is 19.2 Å². The number of thioether (sulfide) groups is 1. The minimum absolute atomic E-state index is 0.467. The van der Waals surface area contributed by atoms with E-state index in [2.05, 4.69) is 22.0 Å². The van der Waals surface area contributed by atoms with Gasteiger partial charge >= 0.3 is 0 Å². The Morgan fingerprint density at radius 1 is 1.53 bits per heavy atom. The van der Waals surface area contributed by atoms with Crippen LogP contribution in [0.2, 0.25) is 5.15 Å². The number of unbranched alkanes of at least 4 members (excludes halogenated alkanes) is 1. The highest BCUT2D eigenvalue weighted by Gasteiger charge is 2.06. The highest BCUT2D eigenvalue weighted by molar-refractivity contribution is 7.99. The van der Waals surface area contributed by atoms with Crippen LogP contribution >= 0.6 is 23.4 Å². The third-order valence-electron chi connectivity index (χ3n) is 1.94.